The van der Waals surface area contributed by atoms with Gasteiger partial charge in [0.05, 0.1) is 0 Å². The third kappa shape index (κ3) is 1.27. The molecule has 0 aromatic carbocycles. The van der Waals surface area contributed by atoms with Crippen LogP contribution in [0, 0.1) is 0 Å². The van der Waals surface area contributed by atoms with Crippen molar-refractivity contribution >= 4 is 30.5 Å². The number of nitrogens with zero attached hydrogens (tertiary/aromatic N) is 2. The minimum absolute atomic E-state index is 0.347. The Bertz CT molecular complexity index is 334. The monoisotopic (exact) mass is 252 g/mol. The zero-order valence-corrected chi connectivity index (χ0v) is 9.14. The topological polar surface area (TPSA) is 17.3 Å². The molecule has 3 heteroatoms. The van der Waals surface area contributed by atoms with Crippen molar-refractivity contribution in [2.24, 2.45) is 0 Å². The standard InChI is InChI=1S/C7H5N2.CH3.Sn/c1-2-5-9-6-4-8-7(9)3-1;;/h1-3,5-6H;1H3;. The van der Waals surface area contributed by atoms with Gasteiger partial charge in [0.2, 0.25) is 0 Å². The second kappa shape index (κ2) is 2.85. The van der Waals surface area contributed by atoms with Gasteiger partial charge < -0.3 is 0 Å². The molecule has 54 valence electrons. The number of imidazole rings is 1. The summed E-state index contributed by atoms with van der Waals surface area (Å²) < 4.78 is 3.40. The summed E-state index contributed by atoms with van der Waals surface area (Å²) in [6, 6.07) is 6.09. The zero-order valence-electron chi connectivity index (χ0n) is 6.28. The molecule has 0 N–H and O–H groups in total. The molecule has 0 unspecified atom stereocenters. The molecule has 0 fully saturated rings. The zero-order chi connectivity index (χ0) is 7.68. The van der Waals surface area contributed by atoms with Gasteiger partial charge in [0.1, 0.15) is 0 Å². The molecule has 0 amide bonds. The second-order valence-electron chi connectivity index (χ2n) is 2.34. The Morgan fingerprint density at radius 1 is 1.45 bits per heavy atom. The van der Waals surface area contributed by atoms with Crippen molar-refractivity contribution in [3.8, 4) is 0 Å². The van der Waals surface area contributed by atoms with Crippen molar-refractivity contribution in [1.29, 1.82) is 0 Å². The quantitative estimate of drug-likeness (QED) is 0.682. The van der Waals surface area contributed by atoms with Crippen LogP contribution in [0.25, 0.3) is 5.65 Å². The molecule has 2 aromatic rings. The van der Waals surface area contributed by atoms with Gasteiger partial charge >= 0.3 is 75.4 Å². The Morgan fingerprint density at radius 3 is 3.09 bits per heavy atom. The minimum atomic E-state index is -0.347. The Kier molecular flexibility index (Phi) is 1.85. The third-order valence-corrected chi connectivity index (χ3v) is 3.77. The molecular weight excluding hydrogens is 243 g/mol. The predicted octanol–water partition coefficient (Wildman–Crippen LogP) is 0.712. The van der Waals surface area contributed by atoms with Crippen LogP contribution < -0.4 is 3.71 Å². The second-order valence-corrected chi connectivity index (χ2v) is 5.23. The maximum atomic E-state index is 4.47. The van der Waals surface area contributed by atoms with Crippen LogP contribution in [0.5, 0.6) is 0 Å². The summed E-state index contributed by atoms with van der Waals surface area (Å²) in [7, 11) is 0. The maximum absolute atomic E-state index is 4.47. The number of pyridine rings is 1. The average molecular weight is 251 g/mol. The Labute approximate surface area is 75.5 Å². The van der Waals surface area contributed by atoms with Crippen LogP contribution in [0.1, 0.15) is 0 Å². The number of aromatic nitrogens is 2. The fourth-order valence-electron chi connectivity index (χ4n) is 1.06. The number of rotatable bonds is 1. The van der Waals surface area contributed by atoms with E-state index >= 15 is 0 Å². The molecule has 2 aromatic heterocycles. The van der Waals surface area contributed by atoms with E-state index in [0.29, 0.717) is 0 Å². The first kappa shape index (κ1) is 7.15. The Morgan fingerprint density at radius 2 is 2.36 bits per heavy atom. The number of hydrogen-bond donors (Lipinski definition) is 0. The van der Waals surface area contributed by atoms with E-state index in [-0.39, 0.29) is 21.1 Å². The predicted molar refractivity (Wildman–Crippen MR) is 46.4 cm³/mol. The molecule has 0 saturated carbocycles. The molecule has 0 bridgehead atoms. The molecule has 0 aliphatic heterocycles. The van der Waals surface area contributed by atoms with Gasteiger partial charge in [0.15, 0.2) is 0 Å². The van der Waals surface area contributed by atoms with Crippen LogP contribution in [0.15, 0.2) is 30.6 Å². The van der Waals surface area contributed by atoms with E-state index < -0.39 is 0 Å². The van der Waals surface area contributed by atoms with Crippen LogP contribution >= 0.6 is 0 Å². The summed E-state index contributed by atoms with van der Waals surface area (Å²) in [5, 5.41) is 0. The molecule has 0 aliphatic rings. The molecule has 0 saturated heterocycles. The van der Waals surface area contributed by atoms with Gasteiger partial charge in [-0.15, -0.1) is 0 Å². The van der Waals surface area contributed by atoms with Crippen LogP contribution in [-0.2, 0) is 0 Å². The molecule has 2 heterocycles. The normalized spacial score (nSPS) is 10.6. The van der Waals surface area contributed by atoms with Crippen molar-refractivity contribution in [3.05, 3.63) is 30.6 Å². The van der Waals surface area contributed by atoms with Crippen molar-refractivity contribution < 1.29 is 0 Å². The summed E-state index contributed by atoms with van der Waals surface area (Å²) in [4.78, 5) is 6.75. The van der Waals surface area contributed by atoms with Gasteiger partial charge in [-0.2, -0.15) is 0 Å². The van der Waals surface area contributed by atoms with E-state index in [2.05, 4.69) is 20.5 Å². The summed E-state index contributed by atoms with van der Waals surface area (Å²) in [5.74, 6) is 0. The van der Waals surface area contributed by atoms with E-state index in [0.717, 1.165) is 5.65 Å². The third-order valence-electron chi connectivity index (χ3n) is 1.62. The molecule has 0 aliphatic carbocycles. The van der Waals surface area contributed by atoms with Crippen LogP contribution in [0.2, 0.25) is 4.94 Å². The van der Waals surface area contributed by atoms with Gasteiger partial charge in [-0.05, 0) is 0 Å². The fourth-order valence-corrected chi connectivity index (χ4v) is 2.47. The molecule has 0 atom stereocenters. The van der Waals surface area contributed by atoms with Crippen LogP contribution in [-0.4, -0.2) is 30.5 Å². The van der Waals surface area contributed by atoms with E-state index in [1.807, 2.05) is 24.4 Å². The molecule has 0 spiro atoms. The van der Waals surface area contributed by atoms with Crippen molar-refractivity contribution in [2.75, 3.05) is 0 Å². The Balaban J connectivity index is 2.69. The molecule has 2 radical (unpaired) electrons. The first-order valence-electron chi connectivity index (χ1n) is 3.51. The molecule has 2 rings (SSSR count). The van der Waals surface area contributed by atoms with Gasteiger partial charge in [0, 0.05) is 0 Å². The van der Waals surface area contributed by atoms with Gasteiger partial charge in [-0.3, -0.25) is 0 Å². The summed E-state index contributed by atoms with van der Waals surface area (Å²) >= 11 is -0.347. The Hall–Kier alpha value is -0.511. The summed E-state index contributed by atoms with van der Waals surface area (Å²) in [6.45, 7) is 0. The van der Waals surface area contributed by atoms with Crippen molar-refractivity contribution in [1.82, 2.24) is 9.38 Å². The molecular formula is C8H8N2Sn. The molecule has 2 nitrogen and oxygen atoms in total. The molecule has 11 heavy (non-hydrogen) atoms. The number of fused-ring (bicyclic) bond motifs is 1. The van der Waals surface area contributed by atoms with Crippen molar-refractivity contribution in [3.63, 3.8) is 0 Å². The average Bonchev–Trinajstić information content (AvgIpc) is 2.46. The van der Waals surface area contributed by atoms with E-state index in [9.17, 15) is 0 Å². The fraction of sp³-hybridized carbons (Fsp3) is 0.125. The summed E-state index contributed by atoms with van der Waals surface area (Å²) in [5.41, 5.74) is 1.07. The van der Waals surface area contributed by atoms with E-state index in [1.54, 1.807) is 0 Å². The summed E-state index contributed by atoms with van der Waals surface area (Å²) in [6.07, 6.45) is 4.18. The van der Waals surface area contributed by atoms with Gasteiger partial charge in [-0.25, -0.2) is 0 Å². The van der Waals surface area contributed by atoms with Crippen LogP contribution in [0.3, 0.4) is 0 Å². The van der Waals surface area contributed by atoms with E-state index in [1.165, 1.54) is 3.71 Å². The van der Waals surface area contributed by atoms with Gasteiger partial charge in [-0.1, -0.05) is 0 Å². The van der Waals surface area contributed by atoms with Gasteiger partial charge in [0.25, 0.3) is 0 Å². The SMILES string of the molecule is [CH3][Sn][c]1cn2ccccc2n1. The first-order valence-corrected chi connectivity index (χ1v) is 7.80. The number of hydrogen-bond acceptors (Lipinski definition) is 1. The van der Waals surface area contributed by atoms with Crippen LogP contribution in [0.4, 0.5) is 0 Å². The van der Waals surface area contributed by atoms with E-state index in [4.69, 9.17) is 0 Å². The van der Waals surface area contributed by atoms with Crippen molar-refractivity contribution in [2.45, 2.75) is 4.94 Å². The first-order chi connectivity index (χ1) is 5.40.